The van der Waals surface area contributed by atoms with E-state index in [0.717, 1.165) is 19.3 Å². The van der Waals surface area contributed by atoms with Crippen molar-refractivity contribution in [2.45, 2.75) is 32.6 Å². The van der Waals surface area contributed by atoms with Gasteiger partial charge in [-0.2, -0.15) is 0 Å². The predicted molar refractivity (Wildman–Crippen MR) is 43.5 cm³/mol. The van der Waals surface area contributed by atoms with Crippen molar-refractivity contribution in [3.63, 3.8) is 0 Å². The Balaban J connectivity index is 2.12. The number of rotatable bonds is 5. The summed E-state index contributed by atoms with van der Waals surface area (Å²) in [7, 11) is 1.67. The summed E-state index contributed by atoms with van der Waals surface area (Å²) in [6.45, 7) is 2.77. The van der Waals surface area contributed by atoms with Gasteiger partial charge in [-0.15, -0.1) is 0 Å². The standard InChI is InChI=1S/C9H16O2/c1-9(5-6-9)8(10)4-3-7-11-2/h3-7H2,1-2H3. The molecule has 0 amide bonds. The minimum absolute atomic E-state index is 0.0632. The van der Waals surface area contributed by atoms with Gasteiger partial charge in [-0.25, -0.2) is 0 Å². The van der Waals surface area contributed by atoms with Gasteiger partial charge in [0.05, 0.1) is 0 Å². The van der Waals surface area contributed by atoms with Gasteiger partial charge < -0.3 is 4.74 Å². The summed E-state index contributed by atoms with van der Waals surface area (Å²) >= 11 is 0. The molecule has 1 aliphatic carbocycles. The minimum atomic E-state index is 0.0632. The molecule has 0 aromatic carbocycles. The molecule has 0 aromatic heterocycles. The highest BCUT2D eigenvalue weighted by molar-refractivity contribution is 5.86. The van der Waals surface area contributed by atoms with Crippen LogP contribution in [0.5, 0.6) is 0 Å². The maximum atomic E-state index is 11.3. The average molecular weight is 156 g/mol. The molecule has 0 aliphatic heterocycles. The van der Waals surface area contributed by atoms with Gasteiger partial charge >= 0.3 is 0 Å². The fraction of sp³-hybridized carbons (Fsp3) is 0.889. The maximum absolute atomic E-state index is 11.3. The fourth-order valence-electron chi connectivity index (χ4n) is 1.15. The monoisotopic (exact) mass is 156 g/mol. The van der Waals surface area contributed by atoms with Crippen LogP contribution in [0.4, 0.5) is 0 Å². The van der Waals surface area contributed by atoms with Crippen molar-refractivity contribution in [1.82, 2.24) is 0 Å². The zero-order valence-corrected chi connectivity index (χ0v) is 7.35. The minimum Gasteiger partial charge on any atom is -0.385 e. The molecular weight excluding hydrogens is 140 g/mol. The Labute approximate surface area is 67.9 Å². The number of hydrogen-bond acceptors (Lipinski definition) is 2. The highest BCUT2D eigenvalue weighted by Gasteiger charge is 2.43. The summed E-state index contributed by atoms with van der Waals surface area (Å²) in [5, 5.41) is 0. The van der Waals surface area contributed by atoms with Gasteiger partial charge in [0.25, 0.3) is 0 Å². The number of ketones is 1. The Bertz CT molecular complexity index is 148. The van der Waals surface area contributed by atoms with E-state index >= 15 is 0 Å². The molecule has 2 heteroatoms. The lowest BCUT2D eigenvalue weighted by Crippen LogP contribution is -2.11. The molecule has 0 radical (unpaired) electrons. The third kappa shape index (κ3) is 2.29. The highest BCUT2D eigenvalue weighted by Crippen LogP contribution is 2.46. The molecule has 0 N–H and O–H groups in total. The van der Waals surface area contributed by atoms with Crippen molar-refractivity contribution in [3.05, 3.63) is 0 Å². The molecule has 1 aliphatic rings. The van der Waals surface area contributed by atoms with E-state index in [0.29, 0.717) is 18.8 Å². The first kappa shape index (κ1) is 8.72. The molecule has 0 saturated heterocycles. The quantitative estimate of drug-likeness (QED) is 0.567. The van der Waals surface area contributed by atoms with Crippen LogP contribution in [0.3, 0.4) is 0 Å². The molecular formula is C9H16O2. The second-order valence-electron chi connectivity index (χ2n) is 3.58. The Morgan fingerprint density at radius 1 is 1.55 bits per heavy atom. The lowest BCUT2D eigenvalue weighted by Gasteiger charge is -2.05. The van der Waals surface area contributed by atoms with Crippen molar-refractivity contribution in [3.8, 4) is 0 Å². The molecule has 11 heavy (non-hydrogen) atoms. The number of Topliss-reactive ketones (excluding diaryl/α,β-unsaturated/α-hetero) is 1. The molecule has 2 nitrogen and oxygen atoms in total. The van der Waals surface area contributed by atoms with Crippen molar-refractivity contribution < 1.29 is 9.53 Å². The molecule has 0 bridgehead atoms. The molecule has 1 rings (SSSR count). The van der Waals surface area contributed by atoms with E-state index in [1.165, 1.54) is 0 Å². The van der Waals surface area contributed by atoms with Crippen LogP contribution in [0.2, 0.25) is 0 Å². The van der Waals surface area contributed by atoms with E-state index in [1.807, 2.05) is 0 Å². The van der Waals surface area contributed by atoms with Crippen LogP contribution in [0.1, 0.15) is 32.6 Å². The van der Waals surface area contributed by atoms with Gasteiger partial charge in [0.1, 0.15) is 5.78 Å². The van der Waals surface area contributed by atoms with Crippen LogP contribution in [0.25, 0.3) is 0 Å². The van der Waals surface area contributed by atoms with Crippen LogP contribution in [0.15, 0.2) is 0 Å². The van der Waals surface area contributed by atoms with Gasteiger partial charge in [-0.1, -0.05) is 6.92 Å². The van der Waals surface area contributed by atoms with Crippen molar-refractivity contribution in [1.29, 1.82) is 0 Å². The normalized spacial score (nSPS) is 19.8. The fourth-order valence-corrected chi connectivity index (χ4v) is 1.15. The second-order valence-corrected chi connectivity index (χ2v) is 3.58. The summed E-state index contributed by atoms with van der Waals surface area (Å²) in [6, 6.07) is 0. The Hall–Kier alpha value is -0.370. The summed E-state index contributed by atoms with van der Waals surface area (Å²) < 4.78 is 4.87. The Morgan fingerprint density at radius 3 is 2.64 bits per heavy atom. The van der Waals surface area contributed by atoms with Gasteiger partial charge in [-0.05, 0) is 19.3 Å². The molecule has 0 aromatic rings. The summed E-state index contributed by atoms with van der Waals surface area (Å²) in [6.07, 6.45) is 3.77. The van der Waals surface area contributed by atoms with Crippen LogP contribution >= 0.6 is 0 Å². The maximum Gasteiger partial charge on any atom is 0.138 e. The largest absolute Gasteiger partial charge is 0.385 e. The first-order valence-electron chi connectivity index (χ1n) is 4.21. The molecule has 0 unspecified atom stereocenters. The van der Waals surface area contributed by atoms with E-state index < -0.39 is 0 Å². The third-order valence-electron chi connectivity index (χ3n) is 2.43. The van der Waals surface area contributed by atoms with E-state index in [9.17, 15) is 4.79 Å². The molecule has 64 valence electrons. The van der Waals surface area contributed by atoms with Crippen LogP contribution in [-0.4, -0.2) is 19.5 Å². The number of ether oxygens (including phenoxy) is 1. The first-order valence-corrected chi connectivity index (χ1v) is 4.21. The summed E-state index contributed by atoms with van der Waals surface area (Å²) in [5.74, 6) is 0.426. The van der Waals surface area contributed by atoms with E-state index in [1.54, 1.807) is 7.11 Å². The van der Waals surface area contributed by atoms with E-state index in [2.05, 4.69) is 6.92 Å². The zero-order valence-electron chi connectivity index (χ0n) is 7.35. The smallest absolute Gasteiger partial charge is 0.138 e. The topological polar surface area (TPSA) is 26.3 Å². The number of carbonyl (C=O) groups is 1. The van der Waals surface area contributed by atoms with Crippen molar-refractivity contribution in [2.75, 3.05) is 13.7 Å². The lowest BCUT2D eigenvalue weighted by atomic mass is 10.0. The summed E-state index contributed by atoms with van der Waals surface area (Å²) in [5.41, 5.74) is 0.0632. The molecule has 1 saturated carbocycles. The van der Waals surface area contributed by atoms with Crippen LogP contribution in [-0.2, 0) is 9.53 Å². The molecule has 0 atom stereocenters. The number of hydrogen-bond donors (Lipinski definition) is 0. The van der Waals surface area contributed by atoms with Crippen molar-refractivity contribution >= 4 is 5.78 Å². The average Bonchev–Trinajstić information content (AvgIpc) is 2.70. The molecule has 0 spiro atoms. The van der Waals surface area contributed by atoms with Gasteiger partial charge in [0, 0.05) is 25.6 Å². The number of carbonyl (C=O) groups excluding carboxylic acids is 1. The predicted octanol–water partition coefficient (Wildman–Crippen LogP) is 1.78. The van der Waals surface area contributed by atoms with Crippen LogP contribution < -0.4 is 0 Å². The third-order valence-corrected chi connectivity index (χ3v) is 2.43. The Kier molecular flexibility index (Phi) is 2.66. The number of methoxy groups -OCH3 is 1. The first-order chi connectivity index (χ1) is 5.19. The molecule has 1 fully saturated rings. The van der Waals surface area contributed by atoms with Crippen molar-refractivity contribution in [2.24, 2.45) is 5.41 Å². The zero-order chi connectivity index (χ0) is 8.32. The van der Waals surface area contributed by atoms with Gasteiger partial charge in [0.2, 0.25) is 0 Å². The summed E-state index contributed by atoms with van der Waals surface area (Å²) in [4.78, 5) is 11.3. The second kappa shape index (κ2) is 3.35. The SMILES string of the molecule is COCCCC(=O)C1(C)CC1. The van der Waals surface area contributed by atoms with E-state index in [-0.39, 0.29) is 5.41 Å². The van der Waals surface area contributed by atoms with Gasteiger partial charge in [-0.3, -0.25) is 4.79 Å². The Morgan fingerprint density at radius 2 is 2.18 bits per heavy atom. The highest BCUT2D eigenvalue weighted by atomic mass is 16.5. The lowest BCUT2D eigenvalue weighted by molar-refractivity contribution is -0.123. The van der Waals surface area contributed by atoms with Crippen LogP contribution in [0, 0.1) is 5.41 Å². The molecule has 0 heterocycles. The van der Waals surface area contributed by atoms with E-state index in [4.69, 9.17) is 4.74 Å². The van der Waals surface area contributed by atoms with Gasteiger partial charge in [0.15, 0.2) is 0 Å².